The maximum atomic E-state index is 9.25. The highest BCUT2D eigenvalue weighted by Gasteiger charge is 2.25. The molecule has 1 nitrogen and oxygen atoms in total. The second kappa shape index (κ2) is 7.81. The minimum absolute atomic E-state index is 0.189. The number of hydrogen-bond donors (Lipinski definition) is 0. The van der Waals surface area contributed by atoms with E-state index >= 15 is 0 Å². The van der Waals surface area contributed by atoms with Crippen molar-refractivity contribution in [2.24, 2.45) is 0 Å². The first kappa shape index (κ1) is 14.0. The van der Waals surface area contributed by atoms with Crippen LogP contribution in [0.15, 0.2) is 133 Å². The zero-order valence-electron chi connectivity index (χ0n) is 27.5. The summed E-state index contributed by atoms with van der Waals surface area (Å²) in [5.74, 6) is 1.24. The van der Waals surface area contributed by atoms with E-state index in [4.69, 9.17) is 13.0 Å². The Hall–Kier alpha value is -4.88. The number of benzene rings is 7. The number of para-hydroxylation sites is 1. The van der Waals surface area contributed by atoms with E-state index < -0.39 is 24.2 Å². The Balaban J connectivity index is 1.73. The lowest BCUT2D eigenvalue weighted by molar-refractivity contribution is 0.487. The van der Waals surface area contributed by atoms with Gasteiger partial charge < -0.3 is 4.74 Å². The van der Waals surface area contributed by atoms with E-state index in [1.54, 1.807) is 24.3 Å². The smallest absolute Gasteiger partial charge is 0.135 e. The maximum absolute atomic E-state index is 9.25. The van der Waals surface area contributed by atoms with Crippen LogP contribution in [-0.4, -0.2) is 0 Å². The molecule has 0 N–H and O–H groups in total. The van der Waals surface area contributed by atoms with Crippen molar-refractivity contribution < 1.29 is 15.7 Å². The average Bonchev–Trinajstić information content (AvgIpc) is 3.07. The lowest BCUT2D eigenvalue weighted by atomic mass is 9.82. The van der Waals surface area contributed by atoms with Gasteiger partial charge >= 0.3 is 0 Å². The van der Waals surface area contributed by atoms with E-state index in [-0.39, 0.29) is 45.7 Å². The van der Waals surface area contributed by atoms with E-state index in [0.29, 0.717) is 33.8 Å². The molecule has 8 rings (SSSR count). The van der Waals surface area contributed by atoms with Crippen LogP contribution < -0.4 is 4.74 Å². The van der Waals surface area contributed by atoms with Gasteiger partial charge in [-0.2, -0.15) is 0 Å². The maximum Gasteiger partial charge on any atom is 0.135 e. The molecule has 0 radical (unpaired) electrons. The van der Waals surface area contributed by atoms with Gasteiger partial charge in [-0.25, -0.2) is 0 Å². The fourth-order valence-corrected chi connectivity index (χ4v) is 5.59. The quantitative estimate of drug-likeness (QED) is 0.225. The summed E-state index contributed by atoms with van der Waals surface area (Å²) >= 11 is 0. The van der Waals surface area contributed by atoms with E-state index in [1.807, 2.05) is 60.7 Å². The van der Waals surface area contributed by atoms with Crippen molar-refractivity contribution in [3.63, 3.8) is 0 Å². The molecular weight excluding hydrogens is 448 g/mol. The highest BCUT2D eigenvalue weighted by molar-refractivity contribution is 6.24. The minimum atomic E-state index is -0.424. The summed E-state index contributed by atoms with van der Waals surface area (Å²) in [4.78, 5) is 0. The molecule has 172 valence electrons. The lowest BCUT2D eigenvalue weighted by Crippen LogP contribution is -1.99. The summed E-state index contributed by atoms with van der Waals surface area (Å²) in [6, 6.07) is 23.3. The van der Waals surface area contributed by atoms with Gasteiger partial charge in [0.1, 0.15) is 11.5 Å². The molecule has 0 aliphatic carbocycles. The van der Waals surface area contributed by atoms with E-state index in [2.05, 4.69) is 0 Å². The summed E-state index contributed by atoms with van der Waals surface area (Å²) < 4.78 is 77.8. The zero-order valence-corrected chi connectivity index (χ0v) is 19.5. The Kier molecular flexibility index (Phi) is 2.96. The van der Waals surface area contributed by atoms with Crippen molar-refractivity contribution in [1.82, 2.24) is 0 Å². The summed E-state index contributed by atoms with van der Waals surface area (Å²) in [7, 11) is 0. The molecule has 0 saturated heterocycles. The fraction of sp³-hybridized carbons (Fsp3) is 0. The molecule has 7 aromatic rings. The molecule has 0 bridgehead atoms. The number of ether oxygens (including phenoxy) is 1. The van der Waals surface area contributed by atoms with Crippen LogP contribution in [0, 0.1) is 0 Å². The molecular formula is C36H22O. The molecule has 0 saturated carbocycles. The molecule has 7 aromatic carbocycles. The Morgan fingerprint density at radius 2 is 1.08 bits per heavy atom. The van der Waals surface area contributed by atoms with Gasteiger partial charge in [-0.15, -0.1) is 0 Å². The highest BCUT2D eigenvalue weighted by atomic mass is 16.5. The van der Waals surface area contributed by atoms with Gasteiger partial charge in [0.05, 0.1) is 11.0 Å². The van der Waals surface area contributed by atoms with Crippen molar-refractivity contribution in [2.45, 2.75) is 0 Å². The summed E-state index contributed by atoms with van der Waals surface area (Å²) in [6.45, 7) is 0. The van der Waals surface area contributed by atoms with Gasteiger partial charge in [0.25, 0.3) is 0 Å². The van der Waals surface area contributed by atoms with Crippen molar-refractivity contribution in [3.05, 3.63) is 133 Å². The largest absolute Gasteiger partial charge is 0.456 e. The Labute approximate surface area is 226 Å². The van der Waals surface area contributed by atoms with Crippen LogP contribution in [0.1, 0.15) is 11.0 Å². The van der Waals surface area contributed by atoms with Crippen LogP contribution in [0.3, 0.4) is 0 Å². The Bertz CT molecular complexity index is 2360. The normalized spacial score (nSPS) is 15.0. The van der Waals surface area contributed by atoms with Gasteiger partial charge in [0, 0.05) is 16.5 Å². The zero-order chi connectivity index (χ0) is 31.3. The fourth-order valence-electron chi connectivity index (χ4n) is 5.59. The first-order valence-corrected chi connectivity index (χ1v) is 12.1. The molecule has 0 atom stereocenters. The molecule has 1 aliphatic heterocycles. The number of hydrogen-bond acceptors (Lipinski definition) is 1. The van der Waals surface area contributed by atoms with Gasteiger partial charge in [0.15, 0.2) is 0 Å². The molecule has 0 spiro atoms. The van der Waals surface area contributed by atoms with E-state index in [9.17, 15) is 2.74 Å². The molecule has 0 unspecified atom stereocenters. The first-order chi connectivity index (χ1) is 21.7. The Morgan fingerprint density at radius 3 is 1.81 bits per heavy atom. The van der Waals surface area contributed by atoms with Gasteiger partial charge in [0.2, 0.25) is 0 Å². The van der Waals surface area contributed by atoms with Crippen LogP contribution in [0.25, 0.3) is 65.7 Å². The van der Waals surface area contributed by atoms with Gasteiger partial charge in [-0.05, 0) is 61.3 Å². The first-order valence-electron chi connectivity index (χ1n) is 16.1. The third-order valence-electron chi connectivity index (χ3n) is 7.09. The molecule has 0 amide bonds. The topological polar surface area (TPSA) is 9.23 Å². The SMILES string of the molecule is [2H]c1c([2H])c([2H])c2c(-c3ccc4cccc5c4c3-c3ccccc3O5)c3c([2H])c([2H])c([2H])c([2H])c3c(-c3ccccc3)c2c1[2H]. The predicted octanol–water partition coefficient (Wildman–Crippen LogP) is 10.3. The van der Waals surface area contributed by atoms with Crippen molar-refractivity contribution >= 4 is 32.3 Å². The second-order valence-corrected chi connectivity index (χ2v) is 9.06. The highest BCUT2D eigenvalue weighted by Crippen LogP contribution is 2.53. The summed E-state index contributed by atoms with van der Waals surface area (Å²) in [5.41, 5.74) is 3.35. The van der Waals surface area contributed by atoms with Crippen molar-refractivity contribution in [2.75, 3.05) is 0 Å². The molecule has 1 heteroatoms. The van der Waals surface area contributed by atoms with Crippen LogP contribution in [0.4, 0.5) is 0 Å². The third-order valence-corrected chi connectivity index (χ3v) is 7.09. The van der Waals surface area contributed by atoms with Gasteiger partial charge in [-0.3, -0.25) is 0 Å². The molecule has 1 heterocycles. The monoisotopic (exact) mass is 478 g/mol. The van der Waals surface area contributed by atoms with Crippen LogP contribution in [0.2, 0.25) is 0 Å². The summed E-state index contributed by atoms with van der Waals surface area (Å²) in [6.07, 6.45) is 0. The predicted molar refractivity (Wildman–Crippen MR) is 155 cm³/mol. The second-order valence-electron chi connectivity index (χ2n) is 9.06. The molecule has 0 fully saturated rings. The third kappa shape index (κ3) is 2.92. The van der Waals surface area contributed by atoms with Crippen LogP contribution in [-0.2, 0) is 0 Å². The van der Waals surface area contributed by atoms with Crippen LogP contribution >= 0.6 is 0 Å². The minimum Gasteiger partial charge on any atom is -0.456 e. The van der Waals surface area contributed by atoms with E-state index in [0.717, 1.165) is 21.9 Å². The lowest BCUT2D eigenvalue weighted by Gasteiger charge is -2.25. The summed E-state index contributed by atoms with van der Waals surface area (Å²) in [5, 5.41) is 2.48. The average molecular weight is 479 g/mol. The Morgan fingerprint density at radius 1 is 0.459 bits per heavy atom. The number of fused-ring (bicyclic) bond motifs is 4. The number of rotatable bonds is 2. The standard InChI is InChI=1S/C36H22O/c1-2-11-23(12-3-1)33-25-14-4-6-16-27(25)35(28-17-7-5-15-26(28)33)30-22-21-24-13-10-20-32-34(24)36(30)29-18-8-9-19-31(29)37-32/h1-22H/i4D,5D,6D,7D,14D,15D,16D,17D. The van der Waals surface area contributed by atoms with Gasteiger partial charge in [-0.1, -0.05) is 121 Å². The molecule has 37 heavy (non-hydrogen) atoms. The van der Waals surface area contributed by atoms with Crippen molar-refractivity contribution in [1.29, 1.82) is 0 Å². The van der Waals surface area contributed by atoms with Crippen molar-refractivity contribution in [3.8, 4) is 44.9 Å². The molecule has 1 aliphatic rings. The van der Waals surface area contributed by atoms with Crippen LogP contribution in [0.5, 0.6) is 11.5 Å². The van der Waals surface area contributed by atoms with E-state index in [1.165, 1.54) is 0 Å². The molecule has 0 aromatic heterocycles.